The minimum atomic E-state index is -2.27. The van der Waals surface area contributed by atoms with E-state index >= 15 is 4.79 Å². The summed E-state index contributed by atoms with van der Waals surface area (Å²) in [5.41, 5.74) is -9.37. The van der Waals surface area contributed by atoms with Gasteiger partial charge in [-0.05, 0) is 122 Å². The third-order valence-corrected chi connectivity index (χ3v) is 16.8. The summed E-state index contributed by atoms with van der Waals surface area (Å²) in [5.74, 6) is -6.59. The summed E-state index contributed by atoms with van der Waals surface area (Å²) in [6.07, 6.45) is 22.9. The number of Topliss-reactive ketones (excluding diaryl/α,β-unsaturated/α-hetero) is 1. The number of hydrogen-bond acceptors (Lipinski definition) is 14. The first-order valence-corrected chi connectivity index (χ1v) is 28.1. The first-order chi connectivity index (χ1) is 38.0. The Morgan fingerprint density at radius 3 is 1.88 bits per heavy atom. The quantitative estimate of drug-likeness (QED) is 0.0537. The Balaban J connectivity index is 1.18. The lowest BCUT2D eigenvalue weighted by Crippen LogP contribution is -2.90. The molecule has 1 saturated heterocycles. The maximum Gasteiger partial charge on any atom is 0.408 e. The lowest BCUT2D eigenvalue weighted by molar-refractivity contribution is -0.376. The second-order valence-electron chi connectivity index (χ2n) is 23.1. The van der Waals surface area contributed by atoms with Crippen molar-refractivity contribution in [2.75, 3.05) is 6.61 Å². The van der Waals surface area contributed by atoms with Crippen molar-refractivity contribution in [3.63, 3.8) is 0 Å². The Hall–Kier alpha value is -6.68. The third kappa shape index (κ3) is 12.0. The molecule has 15 heteroatoms. The number of hydrogen-bond donors (Lipinski definition) is 3. The van der Waals surface area contributed by atoms with E-state index in [0.717, 1.165) is 32.1 Å². The molecule has 4 fully saturated rings. The highest BCUT2D eigenvalue weighted by Gasteiger charge is 2.89. The van der Waals surface area contributed by atoms with Gasteiger partial charge >= 0.3 is 30.0 Å². The van der Waals surface area contributed by atoms with Crippen LogP contribution in [0.25, 0.3) is 0 Å². The third-order valence-electron chi connectivity index (χ3n) is 16.8. The summed E-state index contributed by atoms with van der Waals surface area (Å²) in [4.78, 5) is 86.1. The number of esters is 4. The fourth-order valence-corrected chi connectivity index (χ4v) is 12.7. The Labute approximate surface area is 471 Å². The molecule has 3 N–H and O–H groups in total. The van der Waals surface area contributed by atoms with E-state index in [4.69, 9.17) is 28.4 Å². The molecule has 4 aliphatic carbocycles. The van der Waals surface area contributed by atoms with Gasteiger partial charge in [-0.3, -0.25) is 19.2 Å². The highest BCUT2D eigenvalue weighted by molar-refractivity contribution is 5.97. The van der Waals surface area contributed by atoms with Crippen molar-refractivity contribution in [1.29, 1.82) is 0 Å². The predicted molar refractivity (Wildman–Crippen MR) is 301 cm³/mol. The van der Waals surface area contributed by atoms with Crippen LogP contribution >= 0.6 is 0 Å². The van der Waals surface area contributed by atoms with E-state index in [9.17, 15) is 34.2 Å². The molecule has 6 unspecified atom stereocenters. The van der Waals surface area contributed by atoms with Crippen LogP contribution in [0.3, 0.4) is 0 Å². The van der Waals surface area contributed by atoms with Gasteiger partial charge in [0.1, 0.15) is 29.0 Å². The van der Waals surface area contributed by atoms with Gasteiger partial charge in [-0.25, -0.2) is 9.59 Å². The Morgan fingerprint density at radius 1 is 0.800 bits per heavy atom. The maximum atomic E-state index is 16.0. The van der Waals surface area contributed by atoms with Gasteiger partial charge in [0.2, 0.25) is 0 Å². The largest absolute Gasteiger partial charge is 0.455 e. The van der Waals surface area contributed by atoms with Crippen LogP contribution in [-0.4, -0.2) is 99.4 Å². The highest BCUT2D eigenvalue weighted by atomic mass is 16.6. The summed E-state index contributed by atoms with van der Waals surface area (Å²) in [6, 6.07) is 15.9. The highest BCUT2D eigenvalue weighted by Crippen LogP contribution is 2.78. The number of ether oxygens (including phenoxy) is 6. The van der Waals surface area contributed by atoms with Gasteiger partial charge in [0, 0.05) is 26.2 Å². The molecular weight excluding hydrogens is 1020 g/mol. The SMILES string of the molecule is CC/C=C\C/C=C\C/C=C\C/C=C\C/C=C\C/C=C\CCC(=O)OC1C(=O)C2(C)C(O)C[C@H]3OC[C@@]3(OC(C)=O)[C@H]2[C@H](OC(=O)c2ccccc2)C2(O)CC3(OC(=O)[C@H](C)[C@@H](NC(=O)OC(C)(C)C)c4ccccc4)C(C)=C1C32C. The average Bonchev–Trinajstić information content (AvgIpc) is 3.55. The summed E-state index contributed by atoms with van der Waals surface area (Å²) in [5, 5.41) is 29.0. The monoisotopic (exact) mass is 1100 g/mol. The van der Waals surface area contributed by atoms with Crippen LogP contribution < -0.4 is 5.32 Å². The molecule has 0 radical (unpaired) electrons. The molecule has 7 rings (SSSR count). The van der Waals surface area contributed by atoms with Crippen molar-refractivity contribution in [2.24, 2.45) is 22.7 Å². The number of carbonyl (C=O) groups is 6. The number of benzene rings is 2. The molecule has 5 aliphatic rings. The van der Waals surface area contributed by atoms with E-state index in [2.05, 4.69) is 66.9 Å². The molecule has 0 spiro atoms. The molecular formula is C65H81NO14. The zero-order chi connectivity index (χ0) is 58.1. The van der Waals surface area contributed by atoms with Crippen LogP contribution in [0.1, 0.15) is 148 Å². The van der Waals surface area contributed by atoms with Crippen molar-refractivity contribution in [3.8, 4) is 0 Å². The minimum Gasteiger partial charge on any atom is -0.455 e. The van der Waals surface area contributed by atoms with Gasteiger partial charge in [-0.1, -0.05) is 128 Å². The molecule has 1 amide bonds. The van der Waals surface area contributed by atoms with Crippen molar-refractivity contribution in [1.82, 2.24) is 5.32 Å². The smallest absolute Gasteiger partial charge is 0.408 e. The van der Waals surface area contributed by atoms with Crippen molar-refractivity contribution in [3.05, 3.63) is 156 Å². The van der Waals surface area contributed by atoms with Crippen molar-refractivity contribution < 1.29 is 67.4 Å². The Morgan fingerprint density at radius 2 is 1.35 bits per heavy atom. The second kappa shape index (κ2) is 25.4. The summed E-state index contributed by atoms with van der Waals surface area (Å²) < 4.78 is 37.2. The minimum absolute atomic E-state index is 0.102. The van der Waals surface area contributed by atoms with Crippen molar-refractivity contribution >= 4 is 35.8 Å². The molecule has 80 heavy (non-hydrogen) atoms. The molecule has 3 saturated carbocycles. The number of aliphatic hydroxyl groups excluding tert-OH is 1. The van der Waals surface area contributed by atoms with Gasteiger partial charge in [0.25, 0.3) is 0 Å². The molecule has 15 nitrogen and oxygen atoms in total. The number of alkyl carbamates (subject to hydrolysis) is 1. The average molecular weight is 1100 g/mol. The number of aliphatic hydroxyl groups is 2. The van der Waals surface area contributed by atoms with Crippen LogP contribution in [0.5, 0.6) is 0 Å². The van der Waals surface area contributed by atoms with Gasteiger partial charge in [-0.2, -0.15) is 0 Å². The van der Waals surface area contributed by atoms with Crippen LogP contribution in [0.15, 0.2) is 145 Å². The normalized spacial score (nSPS) is 30.6. The molecule has 12 atom stereocenters. The zero-order valence-electron chi connectivity index (χ0n) is 47.8. The number of carbonyl (C=O) groups excluding carboxylic acids is 6. The van der Waals surface area contributed by atoms with E-state index in [1.54, 1.807) is 90.1 Å². The molecule has 0 aromatic heterocycles. The number of ketones is 1. The van der Waals surface area contributed by atoms with E-state index in [1.165, 1.54) is 26.0 Å². The molecule has 2 aromatic rings. The Kier molecular flexibility index (Phi) is 19.4. The molecule has 1 aliphatic heterocycles. The topological polar surface area (TPSA) is 210 Å². The number of nitrogens with one attached hydrogen (secondary N) is 1. The van der Waals surface area contributed by atoms with Crippen LogP contribution in [-0.2, 0) is 47.6 Å². The predicted octanol–water partition coefficient (Wildman–Crippen LogP) is 10.9. The first-order valence-electron chi connectivity index (χ1n) is 28.1. The number of fused-ring (bicyclic) bond motifs is 3. The summed E-state index contributed by atoms with van der Waals surface area (Å²) in [6.45, 7) is 14.4. The van der Waals surface area contributed by atoms with Gasteiger partial charge in [0.15, 0.2) is 17.5 Å². The lowest BCUT2D eigenvalue weighted by atomic mass is 9.30. The van der Waals surface area contributed by atoms with Gasteiger partial charge < -0.3 is 44.0 Å². The molecule has 1 heterocycles. The lowest BCUT2D eigenvalue weighted by Gasteiger charge is -2.78. The second-order valence-corrected chi connectivity index (χ2v) is 23.1. The summed E-state index contributed by atoms with van der Waals surface area (Å²) >= 11 is 0. The number of amides is 1. The first kappa shape index (κ1) is 61.0. The van der Waals surface area contributed by atoms with E-state index < -0.39 is 118 Å². The molecule has 430 valence electrons. The van der Waals surface area contributed by atoms with Crippen LogP contribution in [0.2, 0.25) is 0 Å². The fourth-order valence-electron chi connectivity index (χ4n) is 12.7. The number of rotatable bonds is 23. The number of allylic oxidation sites excluding steroid dienone is 12. The van der Waals surface area contributed by atoms with Crippen LogP contribution in [0, 0.1) is 22.7 Å². The van der Waals surface area contributed by atoms with Crippen molar-refractivity contribution in [2.45, 2.75) is 179 Å². The van der Waals surface area contributed by atoms with E-state index in [-0.39, 0.29) is 37.0 Å². The fraction of sp³-hybridized carbons (Fsp3) is 0.508. The molecule has 2 aromatic carbocycles. The zero-order valence-corrected chi connectivity index (χ0v) is 47.8. The summed E-state index contributed by atoms with van der Waals surface area (Å²) in [7, 11) is 0. The maximum absolute atomic E-state index is 16.0. The van der Waals surface area contributed by atoms with Crippen LogP contribution in [0.4, 0.5) is 4.79 Å². The van der Waals surface area contributed by atoms with E-state index in [0.29, 0.717) is 17.6 Å². The Bertz CT molecular complexity index is 2810. The van der Waals surface area contributed by atoms with Gasteiger partial charge in [0.05, 0.1) is 47.0 Å². The van der Waals surface area contributed by atoms with Gasteiger partial charge in [-0.15, -0.1) is 0 Å². The molecule has 0 bridgehead atoms. The van der Waals surface area contributed by atoms with E-state index in [1.807, 2.05) is 18.2 Å². The standard InChI is InChI=1S/C65H81NO14/c1-10-11-12-13-14-15-16-17-18-19-20-21-22-23-24-25-26-27-34-39-50(69)76-53-51-44(3)65(79-57(71)43(2)52(46-35-30-28-31-36-46)66-59(73)80-60(5,6)7)41-64(74,62(51,65)9)56(77-58(72)47-37-32-29-33-38-47)54-61(8,55(53)70)48(68)40-49-63(54,42-75-49)78-45(4)67/h11-12,14-15,17-18,20-21,23-24,26-33,35-38,43,48-49,52-54,56,68,74H,10,13,16,19,22,25,34,39-42H2,1-9H3,(H,66,73)/b12-11-,15-14-,18-17-,21-20-,24-23-,27-26-/t43-,48?,49-,52-,53?,54+,56+,61?,62?,63+,64?,65?/m1/s1.